The number of aryl methyl sites for hydroxylation is 1. The van der Waals surface area contributed by atoms with E-state index in [-0.39, 0.29) is 12.5 Å². The molecule has 1 N–H and O–H groups in total. The largest absolute Gasteiger partial charge is 0.482 e. The van der Waals surface area contributed by atoms with Crippen molar-refractivity contribution in [2.45, 2.75) is 13.8 Å². The Kier molecular flexibility index (Phi) is 6.60. The molecule has 0 radical (unpaired) electrons. The summed E-state index contributed by atoms with van der Waals surface area (Å²) in [5, 5.41) is 2.89. The third kappa shape index (κ3) is 4.99. The van der Waals surface area contributed by atoms with Crippen LogP contribution < -0.4 is 15.0 Å². The molecule has 0 unspecified atom stereocenters. The molecular weight excluding hydrogens is 332 g/mol. The molecule has 0 atom stereocenters. The summed E-state index contributed by atoms with van der Waals surface area (Å²) in [5.41, 5.74) is 3.18. The van der Waals surface area contributed by atoms with Gasteiger partial charge in [-0.1, -0.05) is 0 Å². The van der Waals surface area contributed by atoms with Gasteiger partial charge in [0.05, 0.1) is 7.11 Å². The Morgan fingerprint density at radius 2 is 1.81 bits per heavy atom. The van der Waals surface area contributed by atoms with Crippen molar-refractivity contribution >= 4 is 23.3 Å². The first kappa shape index (κ1) is 19.3. The van der Waals surface area contributed by atoms with Crippen molar-refractivity contribution in [3.63, 3.8) is 0 Å². The average Bonchev–Trinajstić information content (AvgIpc) is 2.67. The molecular formula is C20H24N2O4. The van der Waals surface area contributed by atoms with Gasteiger partial charge in [0.25, 0.3) is 5.91 Å². The number of anilines is 2. The standard InChI is InChI=1S/C20H24N2O4/c1-5-22(3)16-8-6-15(7-9-16)20(24)21-18-11-10-17(12-14(18)2)26-13-19(23)25-4/h6-12H,5,13H2,1-4H3,(H,21,24). The van der Waals surface area contributed by atoms with E-state index in [2.05, 4.69) is 21.9 Å². The van der Waals surface area contributed by atoms with Gasteiger partial charge >= 0.3 is 5.97 Å². The lowest BCUT2D eigenvalue weighted by atomic mass is 10.1. The summed E-state index contributed by atoms with van der Waals surface area (Å²) in [5.74, 6) is -0.0860. The molecule has 1 amide bonds. The van der Waals surface area contributed by atoms with Gasteiger partial charge in [-0.2, -0.15) is 0 Å². The van der Waals surface area contributed by atoms with Crippen molar-refractivity contribution in [3.8, 4) is 5.75 Å². The van der Waals surface area contributed by atoms with Crippen LogP contribution in [0.2, 0.25) is 0 Å². The molecule has 2 aromatic rings. The SMILES string of the molecule is CCN(C)c1ccc(C(=O)Nc2ccc(OCC(=O)OC)cc2C)cc1. The number of nitrogens with zero attached hydrogens (tertiary/aromatic N) is 1. The minimum absolute atomic E-state index is 0.153. The van der Waals surface area contributed by atoms with Crippen LogP contribution in [0.4, 0.5) is 11.4 Å². The summed E-state index contributed by atoms with van der Waals surface area (Å²) in [6.07, 6.45) is 0. The Hall–Kier alpha value is -3.02. The summed E-state index contributed by atoms with van der Waals surface area (Å²) in [6, 6.07) is 12.7. The zero-order valence-corrected chi connectivity index (χ0v) is 15.5. The van der Waals surface area contributed by atoms with Gasteiger partial charge in [-0.3, -0.25) is 4.79 Å². The van der Waals surface area contributed by atoms with E-state index in [0.29, 0.717) is 17.0 Å². The van der Waals surface area contributed by atoms with Crippen molar-refractivity contribution in [1.29, 1.82) is 0 Å². The molecule has 138 valence electrons. The fourth-order valence-electron chi connectivity index (χ4n) is 2.31. The molecule has 0 aliphatic rings. The maximum atomic E-state index is 12.4. The second-order valence-corrected chi connectivity index (χ2v) is 5.86. The smallest absolute Gasteiger partial charge is 0.343 e. The Balaban J connectivity index is 2.03. The lowest BCUT2D eigenvalue weighted by Crippen LogP contribution is -2.16. The van der Waals surface area contributed by atoms with E-state index in [1.807, 2.05) is 26.1 Å². The molecule has 0 bridgehead atoms. The molecule has 0 spiro atoms. The maximum Gasteiger partial charge on any atom is 0.343 e. The van der Waals surface area contributed by atoms with Crippen molar-refractivity contribution < 1.29 is 19.1 Å². The van der Waals surface area contributed by atoms with Crippen molar-refractivity contribution in [1.82, 2.24) is 0 Å². The number of amides is 1. The number of carbonyl (C=O) groups is 2. The van der Waals surface area contributed by atoms with Crippen molar-refractivity contribution in [2.75, 3.05) is 37.5 Å². The summed E-state index contributed by atoms with van der Waals surface area (Å²) < 4.78 is 9.87. The second kappa shape index (κ2) is 8.89. The second-order valence-electron chi connectivity index (χ2n) is 5.86. The van der Waals surface area contributed by atoms with Gasteiger partial charge in [0.15, 0.2) is 6.61 Å². The van der Waals surface area contributed by atoms with E-state index < -0.39 is 5.97 Å². The highest BCUT2D eigenvalue weighted by molar-refractivity contribution is 6.04. The number of hydrogen-bond acceptors (Lipinski definition) is 5. The lowest BCUT2D eigenvalue weighted by molar-refractivity contribution is -0.142. The molecule has 0 saturated heterocycles. The lowest BCUT2D eigenvalue weighted by Gasteiger charge is -2.17. The fourth-order valence-corrected chi connectivity index (χ4v) is 2.31. The van der Waals surface area contributed by atoms with Gasteiger partial charge in [0, 0.05) is 30.5 Å². The van der Waals surface area contributed by atoms with Crippen LogP contribution >= 0.6 is 0 Å². The molecule has 0 aliphatic heterocycles. The first-order chi connectivity index (χ1) is 12.4. The number of esters is 1. The Bertz CT molecular complexity index is 772. The van der Waals surface area contributed by atoms with Gasteiger partial charge in [-0.25, -0.2) is 4.79 Å². The zero-order valence-electron chi connectivity index (χ0n) is 15.5. The molecule has 0 saturated carbocycles. The Morgan fingerprint density at radius 3 is 2.38 bits per heavy atom. The van der Waals surface area contributed by atoms with Gasteiger partial charge < -0.3 is 19.7 Å². The minimum Gasteiger partial charge on any atom is -0.482 e. The molecule has 0 aromatic heterocycles. The highest BCUT2D eigenvalue weighted by atomic mass is 16.6. The van der Waals surface area contributed by atoms with Gasteiger partial charge in [-0.15, -0.1) is 0 Å². The first-order valence-corrected chi connectivity index (χ1v) is 8.37. The number of rotatable bonds is 7. The number of ether oxygens (including phenoxy) is 2. The third-order valence-electron chi connectivity index (χ3n) is 4.08. The van der Waals surface area contributed by atoms with E-state index in [1.165, 1.54) is 7.11 Å². The number of nitrogens with one attached hydrogen (secondary N) is 1. The molecule has 0 aliphatic carbocycles. The maximum absolute atomic E-state index is 12.4. The molecule has 6 nitrogen and oxygen atoms in total. The summed E-state index contributed by atoms with van der Waals surface area (Å²) in [6.45, 7) is 4.68. The molecule has 2 aromatic carbocycles. The van der Waals surface area contributed by atoms with Crippen LogP contribution in [0.25, 0.3) is 0 Å². The van der Waals surface area contributed by atoms with Crippen LogP contribution in [0, 0.1) is 6.92 Å². The monoisotopic (exact) mass is 356 g/mol. The van der Waals surface area contributed by atoms with Crippen LogP contribution in [0.15, 0.2) is 42.5 Å². The third-order valence-corrected chi connectivity index (χ3v) is 4.08. The van der Waals surface area contributed by atoms with Crippen LogP contribution in [0.5, 0.6) is 5.75 Å². The van der Waals surface area contributed by atoms with E-state index in [1.54, 1.807) is 30.3 Å². The van der Waals surface area contributed by atoms with Crippen LogP contribution in [-0.2, 0) is 9.53 Å². The first-order valence-electron chi connectivity index (χ1n) is 8.37. The van der Waals surface area contributed by atoms with Crippen LogP contribution in [0.1, 0.15) is 22.8 Å². The quantitative estimate of drug-likeness (QED) is 0.771. The van der Waals surface area contributed by atoms with Gasteiger partial charge in [-0.05, 0) is 61.9 Å². The van der Waals surface area contributed by atoms with Crippen LogP contribution in [0.3, 0.4) is 0 Å². The molecule has 0 fully saturated rings. The molecule has 6 heteroatoms. The Labute approximate surface area is 153 Å². The van der Waals surface area contributed by atoms with Crippen molar-refractivity contribution in [3.05, 3.63) is 53.6 Å². The van der Waals surface area contributed by atoms with E-state index >= 15 is 0 Å². The topological polar surface area (TPSA) is 67.9 Å². The van der Waals surface area contributed by atoms with Gasteiger partial charge in [0.2, 0.25) is 0 Å². The fraction of sp³-hybridized carbons (Fsp3) is 0.300. The summed E-state index contributed by atoms with van der Waals surface area (Å²) >= 11 is 0. The number of benzene rings is 2. The zero-order chi connectivity index (χ0) is 19.1. The highest BCUT2D eigenvalue weighted by Gasteiger charge is 2.10. The van der Waals surface area contributed by atoms with Gasteiger partial charge in [0.1, 0.15) is 5.75 Å². The van der Waals surface area contributed by atoms with Crippen LogP contribution in [-0.4, -0.2) is 39.2 Å². The highest BCUT2D eigenvalue weighted by Crippen LogP contribution is 2.22. The molecule has 26 heavy (non-hydrogen) atoms. The number of methoxy groups -OCH3 is 1. The summed E-state index contributed by atoms with van der Waals surface area (Å²) in [7, 11) is 3.31. The molecule has 2 rings (SSSR count). The van der Waals surface area contributed by atoms with Crippen molar-refractivity contribution in [2.24, 2.45) is 0 Å². The number of hydrogen-bond donors (Lipinski definition) is 1. The van der Waals surface area contributed by atoms with E-state index in [0.717, 1.165) is 17.8 Å². The average molecular weight is 356 g/mol. The minimum atomic E-state index is -0.447. The normalized spacial score (nSPS) is 10.2. The number of carbonyl (C=O) groups excluding carboxylic acids is 2. The van der Waals surface area contributed by atoms with E-state index in [4.69, 9.17) is 4.74 Å². The Morgan fingerprint density at radius 1 is 1.12 bits per heavy atom. The predicted molar refractivity (Wildman–Crippen MR) is 102 cm³/mol. The molecule has 0 heterocycles. The van der Waals surface area contributed by atoms with E-state index in [9.17, 15) is 9.59 Å². The predicted octanol–water partition coefficient (Wildman–Crippen LogP) is 3.26. The summed E-state index contributed by atoms with van der Waals surface area (Å²) in [4.78, 5) is 25.7.